The van der Waals surface area contributed by atoms with E-state index in [1.807, 2.05) is 23.1 Å². The Hall–Kier alpha value is -3.39. The fourth-order valence-electron chi connectivity index (χ4n) is 5.45. The molecule has 0 spiro atoms. The van der Waals surface area contributed by atoms with Crippen molar-refractivity contribution >= 4 is 40.2 Å². The van der Waals surface area contributed by atoms with Crippen LogP contribution in [0.4, 0.5) is 0 Å². The molecule has 0 radical (unpaired) electrons. The molecule has 0 saturated heterocycles. The normalized spacial score (nSPS) is 20.3. The van der Waals surface area contributed by atoms with E-state index < -0.39 is 11.4 Å². The number of imidazole rings is 1. The number of carbonyl (C=O) groups is 2. The van der Waals surface area contributed by atoms with Gasteiger partial charge in [-0.15, -0.1) is 0 Å². The molecule has 5 rings (SSSR count). The highest BCUT2D eigenvalue weighted by molar-refractivity contribution is 6.33. The van der Waals surface area contributed by atoms with Gasteiger partial charge in [-0.3, -0.25) is 9.59 Å². The van der Waals surface area contributed by atoms with Crippen molar-refractivity contribution < 1.29 is 19.4 Å². The third-order valence-electron chi connectivity index (χ3n) is 8.11. The van der Waals surface area contributed by atoms with Crippen molar-refractivity contribution in [2.24, 2.45) is 11.3 Å². The average molecular weight is 537 g/mol. The first kappa shape index (κ1) is 26.2. The van der Waals surface area contributed by atoms with Gasteiger partial charge < -0.3 is 19.7 Å². The number of rotatable bonds is 6. The Kier molecular flexibility index (Phi) is 7.18. The quantitative estimate of drug-likeness (QED) is 0.402. The van der Waals surface area contributed by atoms with Gasteiger partial charge in [0.1, 0.15) is 6.10 Å². The zero-order chi connectivity index (χ0) is 27.0. The Morgan fingerprint density at radius 3 is 2.39 bits per heavy atom. The van der Waals surface area contributed by atoms with Crippen molar-refractivity contribution in [3.05, 3.63) is 47.0 Å². The summed E-state index contributed by atoms with van der Waals surface area (Å²) in [5.74, 6) is -0.514. The molecule has 0 atom stereocenters. The third kappa shape index (κ3) is 5.27. The van der Waals surface area contributed by atoms with Crippen LogP contribution in [0.25, 0.3) is 28.0 Å². The molecule has 1 amide bonds. The number of hydrogen-bond donors (Lipinski definition) is 2. The maximum atomic E-state index is 11.6. The van der Waals surface area contributed by atoms with Gasteiger partial charge in [-0.1, -0.05) is 41.9 Å². The van der Waals surface area contributed by atoms with E-state index in [0.717, 1.165) is 49.8 Å². The molecule has 38 heavy (non-hydrogen) atoms. The number of carboxylic acids is 1. The van der Waals surface area contributed by atoms with E-state index in [1.54, 1.807) is 20.8 Å². The topological polar surface area (TPSA) is 108 Å². The Balaban J connectivity index is 1.27. The molecule has 1 fully saturated rings. The number of fused-ring (bicyclic) bond motifs is 1. The van der Waals surface area contributed by atoms with Crippen LogP contribution >= 0.6 is 11.6 Å². The summed E-state index contributed by atoms with van der Waals surface area (Å²) in [5, 5.41) is 10.0. The summed E-state index contributed by atoms with van der Waals surface area (Å²) in [4.78, 5) is 37.5. The number of halogens is 1. The first-order valence-corrected chi connectivity index (χ1v) is 13.5. The van der Waals surface area contributed by atoms with E-state index in [0.29, 0.717) is 34.4 Å². The number of carbonyl (C=O) groups excluding carboxylic acids is 1. The first-order valence-electron chi connectivity index (χ1n) is 13.1. The molecule has 2 N–H and O–H groups in total. The van der Waals surface area contributed by atoms with Crippen molar-refractivity contribution in [3.63, 3.8) is 0 Å². The Bertz CT molecular complexity index is 1390. The van der Waals surface area contributed by atoms with E-state index in [-0.39, 0.29) is 17.9 Å². The number of amides is 1. The molecule has 1 saturated carbocycles. The van der Waals surface area contributed by atoms with Crippen molar-refractivity contribution in [1.29, 1.82) is 0 Å². The lowest BCUT2D eigenvalue weighted by atomic mass is 9.70. The third-order valence-corrected chi connectivity index (χ3v) is 8.40. The van der Waals surface area contributed by atoms with Gasteiger partial charge in [0.15, 0.2) is 5.65 Å². The van der Waals surface area contributed by atoms with E-state index in [9.17, 15) is 14.7 Å². The van der Waals surface area contributed by atoms with Crippen LogP contribution in [0.2, 0.25) is 5.02 Å². The van der Waals surface area contributed by atoms with Gasteiger partial charge in [0, 0.05) is 25.6 Å². The second kappa shape index (κ2) is 10.4. The van der Waals surface area contributed by atoms with Gasteiger partial charge in [-0.25, -0.2) is 4.98 Å². The molecule has 3 aromatic rings. The summed E-state index contributed by atoms with van der Waals surface area (Å²) in [7, 11) is 0. The van der Waals surface area contributed by atoms with Crippen LogP contribution in [0, 0.1) is 11.3 Å². The molecule has 1 aromatic carbocycles. The van der Waals surface area contributed by atoms with Crippen LogP contribution in [-0.2, 0) is 9.59 Å². The molecular formula is C29H33ClN4O4. The molecule has 1 aliphatic heterocycles. The van der Waals surface area contributed by atoms with E-state index in [4.69, 9.17) is 21.3 Å². The molecule has 2 aromatic heterocycles. The minimum atomic E-state index is -0.750. The molecule has 3 heterocycles. The van der Waals surface area contributed by atoms with E-state index >= 15 is 0 Å². The smallest absolute Gasteiger partial charge is 0.309 e. The zero-order valence-electron chi connectivity index (χ0n) is 22.0. The van der Waals surface area contributed by atoms with Crippen molar-refractivity contribution in [3.8, 4) is 17.3 Å². The fraction of sp³-hybridized carbons (Fsp3) is 0.448. The summed E-state index contributed by atoms with van der Waals surface area (Å²) < 4.78 is 6.12. The second-order valence-electron chi connectivity index (χ2n) is 10.9. The largest absolute Gasteiger partial charge is 0.481 e. The number of aliphatic carboxylic acids is 1. The molecule has 2 aliphatic rings. The van der Waals surface area contributed by atoms with Gasteiger partial charge >= 0.3 is 5.97 Å². The summed E-state index contributed by atoms with van der Waals surface area (Å²) >= 11 is 6.61. The minimum Gasteiger partial charge on any atom is -0.481 e. The van der Waals surface area contributed by atoms with Crippen LogP contribution in [-0.4, -0.2) is 56.0 Å². The molecule has 0 unspecified atom stereocenters. The Morgan fingerprint density at radius 2 is 1.79 bits per heavy atom. The van der Waals surface area contributed by atoms with Gasteiger partial charge in [0.25, 0.3) is 6.01 Å². The van der Waals surface area contributed by atoms with Crippen molar-refractivity contribution in [1.82, 2.24) is 19.9 Å². The molecule has 0 bridgehead atoms. The molecular weight excluding hydrogens is 504 g/mol. The number of aromatic amines is 1. The van der Waals surface area contributed by atoms with Crippen molar-refractivity contribution in [2.75, 3.05) is 13.1 Å². The average Bonchev–Trinajstić information content (AvgIpc) is 3.29. The van der Waals surface area contributed by atoms with Crippen LogP contribution in [0.1, 0.15) is 58.4 Å². The maximum absolute atomic E-state index is 11.6. The van der Waals surface area contributed by atoms with E-state index in [1.165, 1.54) is 5.57 Å². The van der Waals surface area contributed by atoms with Gasteiger partial charge in [0.2, 0.25) is 5.91 Å². The standard InChI is InChI=1S/C29H33ClN4O4/c1-17(35)34-14-12-19(13-15-34)18-4-6-20(7-5-18)25-23(30)16-24-26(32-25)33-28(31-24)38-22-10-8-21(9-11-22)29(2,3)27(36)37/h4-7,12,16,21-22H,8-11,13-15H2,1-3H3,(H,36,37)(H,31,32,33). The van der Waals surface area contributed by atoms with Gasteiger partial charge in [-0.2, -0.15) is 4.98 Å². The first-order chi connectivity index (χ1) is 18.1. The van der Waals surface area contributed by atoms with E-state index in [2.05, 4.69) is 28.2 Å². The fourth-order valence-corrected chi connectivity index (χ4v) is 5.71. The number of pyridine rings is 1. The number of hydrogen-bond acceptors (Lipinski definition) is 5. The predicted octanol–water partition coefficient (Wildman–Crippen LogP) is 5.96. The number of nitrogens with zero attached hydrogens (tertiary/aromatic N) is 3. The predicted molar refractivity (Wildman–Crippen MR) is 147 cm³/mol. The lowest BCUT2D eigenvalue weighted by Gasteiger charge is -2.36. The van der Waals surface area contributed by atoms with Gasteiger partial charge in [-0.05, 0) is 69.1 Å². The Labute approximate surface area is 227 Å². The number of ether oxygens (including phenoxy) is 1. The number of aromatic nitrogens is 3. The monoisotopic (exact) mass is 536 g/mol. The summed E-state index contributed by atoms with van der Waals surface area (Å²) in [5.41, 5.74) is 4.41. The van der Waals surface area contributed by atoms with Crippen LogP contribution in [0.3, 0.4) is 0 Å². The van der Waals surface area contributed by atoms with Gasteiger partial charge in [0.05, 0.1) is 21.6 Å². The molecule has 8 nitrogen and oxygen atoms in total. The summed E-state index contributed by atoms with van der Waals surface area (Å²) in [6.07, 6.45) is 6.11. The number of carboxylic acid groups (broad SMARTS) is 1. The highest BCUT2D eigenvalue weighted by Gasteiger charge is 2.39. The molecule has 200 valence electrons. The number of nitrogens with one attached hydrogen (secondary N) is 1. The lowest BCUT2D eigenvalue weighted by molar-refractivity contribution is -0.151. The lowest BCUT2D eigenvalue weighted by Crippen LogP contribution is -2.37. The minimum absolute atomic E-state index is 0.0180. The Morgan fingerprint density at radius 1 is 1.11 bits per heavy atom. The maximum Gasteiger partial charge on any atom is 0.309 e. The molecule has 1 aliphatic carbocycles. The van der Waals surface area contributed by atoms with Crippen molar-refractivity contribution in [2.45, 2.75) is 59.0 Å². The highest BCUT2D eigenvalue weighted by Crippen LogP contribution is 2.39. The summed E-state index contributed by atoms with van der Waals surface area (Å²) in [6.45, 7) is 6.58. The van der Waals surface area contributed by atoms with Crippen LogP contribution in [0.5, 0.6) is 6.01 Å². The second-order valence-corrected chi connectivity index (χ2v) is 11.3. The van der Waals surface area contributed by atoms with Crippen LogP contribution < -0.4 is 4.74 Å². The summed E-state index contributed by atoms with van der Waals surface area (Å²) in [6, 6.07) is 10.4. The SMILES string of the molecule is CC(=O)N1CC=C(c2ccc(-c3nc4nc(OC5CCC(C(C)(C)C(=O)O)CC5)[nH]c4cc3Cl)cc2)CC1. The zero-order valence-corrected chi connectivity index (χ0v) is 22.7. The molecule has 9 heteroatoms. The number of H-pyrrole nitrogens is 1. The van der Waals surface area contributed by atoms with Crippen LogP contribution in [0.15, 0.2) is 36.4 Å². The highest BCUT2D eigenvalue weighted by atomic mass is 35.5. The number of benzene rings is 1.